The van der Waals surface area contributed by atoms with E-state index in [-0.39, 0.29) is 17.5 Å². The number of benzene rings is 2. The zero-order chi connectivity index (χ0) is 25.5. The molecule has 0 saturated carbocycles. The quantitative estimate of drug-likeness (QED) is 0.361. The predicted molar refractivity (Wildman–Crippen MR) is 146 cm³/mol. The number of amides is 1. The number of hydrogen-bond acceptors (Lipinski definition) is 5. The van der Waals surface area contributed by atoms with Crippen LogP contribution in [0, 0.1) is 19.8 Å². The van der Waals surface area contributed by atoms with E-state index < -0.39 is 0 Å². The van der Waals surface area contributed by atoms with Gasteiger partial charge in [0.1, 0.15) is 5.39 Å². The van der Waals surface area contributed by atoms with E-state index in [0.29, 0.717) is 34.3 Å². The standard InChI is InChI=1S/C29H31N5O2S/c1-19-8-9-23(14-20(19)2)34-27-25(17-30-34)28(36)33-24(18-37-29(33)31-27)16-26(35)32-12-10-22(11-13-32)15-21-6-4-3-5-7-21/h3-9,14,17,22,24H,10-13,15-16,18H2,1-2H3. The van der Waals surface area contributed by atoms with E-state index >= 15 is 0 Å². The minimum Gasteiger partial charge on any atom is -0.343 e. The van der Waals surface area contributed by atoms with Crippen LogP contribution < -0.4 is 5.56 Å². The maximum atomic E-state index is 13.5. The first kappa shape index (κ1) is 24.0. The van der Waals surface area contributed by atoms with E-state index in [4.69, 9.17) is 4.98 Å². The topological polar surface area (TPSA) is 73.0 Å². The van der Waals surface area contributed by atoms with Gasteiger partial charge in [-0.2, -0.15) is 5.10 Å². The van der Waals surface area contributed by atoms with Gasteiger partial charge in [0.2, 0.25) is 5.91 Å². The highest BCUT2D eigenvalue weighted by Gasteiger charge is 2.32. The molecule has 1 unspecified atom stereocenters. The average molecular weight is 514 g/mol. The Kier molecular flexibility index (Phi) is 6.36. The molecule has 1 amide bonds. The molecule has 2 aliphatic rings. The number of rotatable bonds is 5. The van der Waals surface area contributed by atoms with Crippen molar-refractivity contribution in [3.05, 3.63) is 81.8 Å². The number of carbonyl (C=O) groups is 1. The van der Waals surface area contributed by atoms with E-state index in [2.05, 4.69) is 55.3 Å². The van der Waals surface area contributed by atoms with Crippen molar-refractivity contribution in [3.63, 3.8) is 0 Å². The van der Waals surface area contributed by atoms with Gasteiger partial charge in [-0.25, -0.2) is 9.67 Å². The zero-order valence-electron chi connectivity index (χ0n) is 21.3. The smallest absolute Gasteiger partial charge is 0.265 e. The fourth-order valence-electron chi connectivity index (χ4n) is 5.49. The van der Waals surface area contributed by atoms with Crippen molar-refractivity contribution >= 4 is 28.7 Å². The lowest BCUT2D eigenvalue weighted by atomic mass is 9.90. The van der Waals surface area contributed by atoms with Gasteiger partial charge in [-0.3, -0.25) is 14.2 Å². The van der Waals surface area contributed by atoms with E-state index in [1.54, 1.807) is 27.2 Å². The fraction of sp³-hybridized carbons (Fsp3) is 0.379. The first-order chi connectivity index (χ1) is 18.0. The molecular formula is C29H31N5O2S. The molecule has 0 spiro atoms. The molecular weight excluding hydrogens is 482 g/mol. The largest absolute Gasteiger partial charge is 0.343 e. The summed E-state index contributed by atoms with van der Waals surface area (Å²) in [7, 11) is 0. The minimum absolute atomic E-state index is 0.112. The Balaban J connectivity index is 1.16. The van der Waals surface area contributed by atoms with Crippen LogP contribution in [0.15, 0.2) is 64.7 Å². The molecule has 0 aliphatic carbocycles. The average Bonchev–Trinajstić information content (AvgIpc) is 3.52. The Morgan fingerprint density at radius 3 is 2.59 bits per heavy atom. The summed E-state index contributed by atoms with van der Waals surface area (Å²) in [4.78, 5) is 33.5. The van der Waals surface area contributed by atoms with Crippen LogP contribution in [-0.2, 0) is 11.2 Å². The Morgan fingerprint density at radius 2 is 1.84 bits per heavy atom. The Labute approximate surface area is 220 Å². The predicted octanol–water partition coefficient (Wildman–Crippen LogP) is 4.72. The highest BCUT2D eigenvalue weighted by molar-refractivity contribution is 7.99. The van der Waals surface area contributed by atoms with Crippen molar-refractivity contribution in [2.24, 2.45) is 5.92 Å². The lowest BCUT2D eigenvalue weighted by Crippen LogP contribution is -2.40. The highest BCUT2D eigenvalue weighted by atomic mass is 32.2. The molecule has 0 bridgehead atoms. The molecule has 4 aromatic rings. The molecule has 1 fully saturated rings. The van der Waals surface area contributed by atoms with Gasteiger partial charge in [-0.1, -0.05) is 48.2 Å². The third-order valence-electron chi connectivity index (χ3n) is 7.85. The molecule has 4 heterocycles. The normalized spacial score (nSPS) is 17.9. The van der Waals surface area contributed by atoms with Crippen molar-refractivity contribution in [1.82, 2.24) is 24.2 Å². The summed E-state index contributed by atoms with van der Waals surface area (Å²) in [5.74, 6) is 1.43. The second-order valence-corrected chi connectivity index (χ2v) is 11.3. The lowest BCUT2D eigenvalue weighted by molar-refractivity contribution is -0.133. The van der Waals surface area contributed by atoms with Crippen LogP contribution in [-0.4, -0.2) is 49.0 Å². The minimum atomic E-state index is -0.177. The van der Waals surface area contributed by atoms with Crippen LogP contribution in [0.25, 0.3) is 16.7 Å². The number of aryl methyl sites for hydroxylation is 2. The van der Waals surface area contributed by atoms with Crippen molar-refractivity contribution in [2.75, 3.05) is 18.8 Å². The van der Waals surface area contributed by atoms with Crippen LogP contribution in [0.1, 0.15) is 42.0 Å². The SMILES string of the molecule is Cc1ccc(-n2ncc3c(=O)n4c(nc32)SCC4CC(=O)N2CCC(Cc3ccccc3)CC2)cc1C. The van der Waals surface area contributed by atoms with Gasteiger partial charge >= 0.3 is 0 Å². The summed E-state index contributed by atoms with van der Waals surface area (Å²) in [5, 5.41) is 5.65. The molecule has 2 aliphatic heterocycles. The molecule has 6 rings (SSSR count). The lowest BCUT2D eigenvalue weighted by Gasteiger charge is -2.33. The molecule has 37 heavy (non-hydrogen) atoms. The van der Waals surface area contributed by atoms with Gasteiger partial charge in [0, 0.05) is 25.3 Å². The maximum absolute atomic E-state index is 13.5. The van der Waals surface area contributed by atoms with Crippen molar-refractivity contribution in [1.29, 1.82) is 0 Å². The summed E-state index contributed by atoms with van der Waals surface area (Å²) < 4.78 is 3.46. The first-order valence-electron chi connectivity index (χ1n) is 13.0. The Hall–Kier alpha value is -3.39. The van der Waals surface area contributed by atoms with E-state index in [9.17, 15) is 9.59 Å². The molecule has 8 heteroatoms. The van der Waals surface area contributed by atoms with E-state index in [1.807, 2.05) is 17.0 Å². The van der Waals surface area contributed by atoms with Gasteiger partial charge in [0.15, 0.2) is 10.8 Å². The highest BCUT2D eigenvalue weighted by Crippen LogP contribution is 2.34. The number of thioether (sulfide) groups is 1. The third kappa shape index (κ3) is 4.59. The van der Waals surface area contributed by atoms with Crippen molar-refractivity contribution in [2.45, 2.75) is 50.7 Å². The van der Waals surface area contributed by atoms with Crippen molar-refractivity contribution < 1.29 is 4.79 Å². The monoisotopic (exact) mass is 513 g/mol. The molecule has 0 N–H and O–H groups in total. The van der Waals surface area contributed by atoms with Gasteiger partial charge in [-0.15, -0.1) is 0 Å². The number of aromatic nitrogens is 4. The summed E-state index contributed by atoms with van der Waals surface area (Å²) in [5.41, 5.74) is 5.08. The molecule has 2 aromatic heterocycles. The van der Waals surface area contributed by atoms with Crippen LogP contribution in [0.5, 0.6) is 0 Å². The first-order valence-corrected chi connectivity index (χ1v) is 14.0. The molecule has 1 atom stereocenters. The van der Waals surface area contributed by atoms with Gasteiger partial charge in [0.05, 0.1) is 17.9 Å². The summed E-state index contributed by atoms with van der Waals surface area (Å²) in [6, 6.07) is 16.5. The van der Waals surface area contributed by atoms with Crippen LogP contribution in [0.2, 0.25) is 0 Å². The van der Waals surface area contributed by atoms with E-state index in [1.165, 1.54) is 11.1 Å². The molecule has 1 saturated heterocycles. The van der Waals surface area contributed by atoms with Crippen LogP contribution >= 0.6 is 11.8 Å². The fourth-order valence-corrected chi connectivity index (χ4v) is 6.62. The molecule has 2 aromatic carbocycles. The number of fused-ring (bicyclic) bond motifs is 2. The second kappa shape index (κ2) is 9.82. The Morgan fingerprint density at radius 1 is 1.05 bits per heavy atom. The third-order valence-corrected chi connectivity index (χ3v) is 8.95. The van der Waals surface area contributed by atoms with Crippen LogP contribution in [0.4, 0.5) is 0 Å². The summed E-state index contributed by atoms with van der Waals surface area (Å²) in [6.45, 7) is 5.71. The molecule has 0 radical (unpaired) electrons. The summed E-state index contributed by atoms with van der Waals surface area (Å²) in [6.07, 6.45) is 5.06. The van der Waals surface area contributed by atoms with Gasteiger partial charge in [-0.05, 0) is 67.9 Å². The number of nitrogens with zero attached hydrogens (tertiary/aromatic N) is 5. The number of carbonyl (C=O) groups excluding carboxylic acids is 1. The van der Waals surface area contributed by atoms with Gasteiger partial charge < -0.3 is 4.90 Å². The number of likely N-dealkylation sites (tertiary alicyclic amines) is 1. The number of hydrogen-bond donors (Lipinski definition) is 0. The Bertz CT molecular complexity index is 1520. The molecule has 7 nitrogen and oxygen atoms in total. The van der Waals surface area contributed by atoms with Gasteiger partial charge in [0.25, 0.3) is 5.56 Å². The van der Waals surface area contributed by atoms with Crippen molar-refractivity contribution in [3.8, 4) is 5.69 Å². The zero-order valence-corrected chi connectivity index (χ0v) is 22.1. The second-order valence-electron chi connectivity index (χ2n) is 10.3. The van der Waals surface area contributed by atoms with Crippen LogP contribution in [0.3, 0.4) is 0 Å². The van der Waals surface area contributed by atoms with E-state index in [0.717, 1.165) is 43.6 Å². The number of piperidine rings is 1. The maximum Gasteiger partial charge on any atom is 0.265 e. The molecule has 190 valence electrons. The summed E-state index contributed by atoms with van der Waals surface area (Å²) >= 11 is 1.55.